The monoisotopic (exact) mass is 468 g/mol. The summed E-state index contributed by atoms with van der Waals surface area (Å²) in [6.45, 7) is 12.0. The van der Waals surface area contributed by atoms with Crippen LogP contribution in [0.3, 0.4) is 0 Å². The predicted molar refractivity (Wildman–Crippen MR) is 133 cm³/mol. The van der Waals surface area contributed by atoms with Crippen LogP contribution >= 0.6 is 0 Å². The first-order valence-corrected chi connectivity index (χ1v) is 12.3. The first kappa shape index (κ1) is 24.1. The Kier molecular flexibility index (Phi) is 7.14. The van der Waals surface area contributed by atoms with Gasteiger partial charge in [0.25, 0.3) is 5.56 Å². The topological polar surface area (TPSA) is 87.6 Å². The summed E-state index contributed by atoms with van der Waals surface area (Å²) in [5.41, 5.74) is 0.974. The van der Waals surface area contributed by atoms with Crippen LogP contribution in [-0.2, 0) is 11.3 Å². The van der Waals surface area contributed by atoms with Crippen LogP contribution in [0, 0.1) is 17.8 Å². The van der Waals surface area contributed by atoms with Crippen molar-refractivity contribution in [3.63, 3.8) is 0 Å². The largest absolute Gasteiger partial charge is 0.497 e. The van der Waals surface area contributed by atoms with Crippen molar-refractivity contribution in [3.05, 3.63) is 51.3 Å². The molecule has 1 saturated heterocycles. The number of aromatic nitrogens is 2. The van der Waals surface area contributed by atoms with Crippen molar-refractivity contribution in [1.82, 2.24) is 19.4 Å². The molecule has 1 saturated carbocycles. The number of ether oxygens (including phenoxy) is 1. The Morgan fingerprint density at radius 1 is 1.09 bits per heavy atom. The number of fused-ring (bicyclic) bond motifs is 1. The summed E-state index contributed by atoms with van der Waals surface area (Å²) in [7, 11) is 1.55. The average Bonchev–Trinajstić information content (AvgIpc) is 2.86. The van der Waals surface area contributed by atoms with E-state index in [2.05, 4.69) is 30.3 Å². The minimum atomic E-state index is -0.387. The number of amides is 1. The molecule has 2 fully saturated rings. The van der Waals surface area contributed by atoms with Crippen LogP contribution in [0.25, 0.3) is 10.9 Å². The van der Waals surface area contributed by atoms with Gasteiger partial charge in [-0.2, -0.15) is 0 Å². The molecule has 34 heavy (non-hydrogen) atoms. The predicted octanol–water partition coefficient (Wildman–Crippen LogP) is 2.82. The summed E-state index contributed by atoms with van der Waals surface area (Å²) in [4.78, 5) is 45.8. The normalized spacial score (nSPS) is 21.2. The molecule has 4 rings (SSSR count). The summed E-state index contributed by atoms with van der Waals surface area (Å²) in [5, 5.41) is 0.446. The number of methoxy groups -OCH3 is 1. The van der Waals surface area contributed by atoms with Crippen LogP contribution in [0.4, 0.5) is 0 Å². The summed E-state index contributed by atoms with van der Waals surface area (Å²) >= 11 is 0. The number of hydrogen-bond donors (Lipinski definition) is 1. The molecular formula is C26H36N4O4. The first-order chi connectivity index (χ1) is 16.3. The third kappa shape index (κ3) is 4.91. The quantitative estimate of drug-likeness (QED) is 0.704. The number of aromatic amines is 1. The maximum Gasteiger partial charge on any atom is 0.328 e. The van der Waals surface area contributed by atoms with Gasteiger partial charge in [0.15, 0.2) is 0 Å². The lowest BCUT2D eigenvalue weighted by Crippen LogP contribution is -2.50. The molecule has 8 nitrogen and oxygen atoms in total. The molecule has 184 valence electrons. The number of benzene rings is 1. The van der Waals surface area contributed by atoms with Gasteiger partial charge in [-0.3, -0.25) is 14.2 Å². The van der Waals surface area contributed by atoms with Crippen molar-refractivity contribution in [3.8, 4) is 5.75 Å². The molecule has 1 amide bonds. The van der Waals surface area contributed by atoms with E-state index in [4.69, 9.17) is 4.74 Å². The molecule has 1 aromatic carbocycles. The van der Waals surface area contributed by atoms with E-state index in [1.54, 1.807) is 25.3 Å². The highest BCUT2D eigenvalue weighted by Crippen LogP contribution is 2.31. The van der Waals surface area contributed by atoms with Crippen LogP contribution in [0.2, 0.25) is 0 Å². The summed E-state index contributed by atoms with van der Waals surface area (Å²) in [6, 6.07) is 5.08. The standard InChI is InChI=1S/C26H36N4O4/c1-17(2)18(3)28-11-13-29(14-12-28)24(31)20-7-5-19(6-8-20)16-30-25(32)22-15-21(34-4)9-10-23(22)27-26(30)33/h9-10,15,17,19-20H,3,5-8,11-14,16H2,1-2,4H3,(H,27,33). The van der Waals surface area contributed by atoms with E-state index in [9.17, 15) is 14.4 Å². The van der Waals surface area contributed by atoms with Gasteiger partial charge in [0.2, 0.25) is 5.91 Å². The molecule has 8 heteroatoms. The fraction of sp³-hybridized carbons (Fsp3) is 0.577. The Hall–Kier alpha value is -3.03. The van der Waals surface area contributed by atoms with Gasteiger partial charge in [-0.1, -0.05) is 20.4 Å². The Balaban J connectivity index is 1.35. The number of carbonyl (C=O) groups excluding carboxylic acids is 1. The maximum absolute atomic E-state index is 13.1. The van der Waals surface area contributed by atoms with Crippen LogP contribution in [0.5, 0.6) is 5.75 Å². The lowest BCUT2D eigenvalue weighted by Gasteiger charge is -2.40. The molecule has 2 heterocycles. The molecule has 2 aliphatic rings. The van der Waals surface area contributed by atoms with Crippen LogP contribution in [0.1, 0.15) is 39.5 Å². The molecular weight excluding hydrogens is 432 g/mol. The number of H-pyrrole nitrogens is 1. The van der Waals surface area contributed by atoms with E-state index >= 15 is 0 Å². The Morgan fingerprint density at radius 3 is 2.35 bits per heavy atom. The minimum absolute atomic E-state index is 0.0342. The Bertz CT molecular complexity index is 1170. The van der Waals surface area contributed by atoms with Gasteiger partial charge in [0, 0.05) is 44.3 Å². The number of allylic oxidation sites excluding steroid dienone is 1. The summed E-state index contributed by atoms with van der Waals surface area (Å²) in [5.74, 6) is 1.49. The zero-order valence-electron chi connectivity index (χ0n) is 20.5. The number of rotatable bonds is 6. The van der Waals surface area contributed by atoms with Gasteiger partial charge in [-0.05, 0) is 55.7 Å². The minimum Gasteiger partial charge on any atom is -0.497 e. The number of piperazine rings is 1. The fourth-order valence-corrected chi connectivity index (χ4v) is 5.21. The van der Waals surface area contributed by atoms with Gasteiger partial charge >= 0.3 is 5.69 Å². The third-order valence-electron chi connectivity index (χ3n) is 7.49. The van der Waals surface area contributed by atoms with Crippen molar-refractivity contribution in [2.24, 2.45) is 17.8 Å². The van der Waals surface area contributed by atoms with E-state index < -0.39 is 0 Å². The number of nitrogens with zero attached hydrogens (tertiary/aromatic N) is 3. The van der Waals surface area contributed by atoms with Gasteiger partial charge in [0.05, 0.1) is 18.0 Å². The van der Waals surface area contributed by atoms with Gasteiger partial charge in [-0.25, -0.2) is 4.79 Å². The smallest absolute Gasteiger partial charge is 0.328 e. The first-order valence-electron chi connectivity index (χ1n) is 12.3. The lowest BCUT2D eigenvalue weighted by molar-refractivity contribution is -0.138. The molecule has 0 radical (unpaired) electrons. The fourth-order valence-electron chi connectivity index (χ4n) is 5.21. The summed E-state index contributed by atoms with van der Waals surface area (Å²) < 4.78 is 6.53. The highest BCUT2D eigenvalue weighted by Gasteiger charge is 2.32. The Morgan fingerprint density at radius 2 is 1.74 bits per heavy atom. The van der Waals surface area contributed by atoms with Crippen molar-refractivity contribution >= 4 is 16.8 Å². The van der Waals surface area contributed by atoms with Crippen LogP contribution < -0.4 is 16.0 Å². The van der Waals surface area contributed by atoms with E-state index in [0.29, 0.717) is 29.1 Å². The van der Waals surface area contributed by atoms with E-state index in [-0.39, 0.29) is 29.0 Å². The average molecular weight is 469 g/mol. The molecule has 0 spiro atoms. The lowest BCUT2D eigenvalue weighted by atomic mass is 9.81. The van der Waals surface area contributed by atoms with Crippen LogP contribution in [0.15, 0.2) is 40.1 Å². The number of carbonyl (C=O) groups is 1. The summed E-state index contributed by atoms with van der Waals surface area (Å²) in [6.07, 6.45) is 3.28. The van der Waals surface area contributed by atoms with Crippen molar-refractivity contribution in [2.75, 3.05) is 33.3 Å². The van der Waals surface area contributed by atoms with E-state index in [1.807, 2.05) is 4.90 Å². The van der Waals surface area contributed by atoms with E-state index in [1.165, 1.54) is 4.57 Å². The zero-order valence-corrected chi connectivity index (χ0v) is 20.5. The molecule has 0 bridgehead atoms. The third-order valence-corrected chi connectivity index (χ3v) is 7.49. The van der Waals surface area contributed by atoms with Crippen molar-refractivity contribution in [1.29, 1.82) is 0 Å². The zero-order chi connectivity index (χ0) is 24.4. The SMILES string of the molecule is C=C(C(C)C)N1CCN(C(=O)C2CCC(Cn3c(=O)[nH]c4ccc(OC)cc4c3=O)CC2)CC1. The highest BCUT2D eigenvalue weighted by molar-refractivity contribution is 5.79. The molecule has 2 aromatic rings. The molecule has 1 aliphatic heterocycles. The number of nitrogens with one attached hydrogen (secondary N) is 1. The maximum atomic E-state index is 13.1. The second-order valence-electron chi connectivity index (χ2n) is 9.93. The number of hydrogen-bond acceptors (Lipinski definition) is 5. The van der Waals surface area contributed by atoms with Gasteiger partial charge in [0.1, 0.15) is 5.75 Å². The van der Waals surface area contributed by atoms with E-state index in [0.717, 1.165) is 57.6 Å². The molecule has 1 N–H and O–H groups in total. The van der Waals surface area contributed by atoms with Gasteiger partial charge < -0.3 is 19.5 Å². The molecule has 1 aliphatic carbocycles. The Labute approximate surface area is 200 Å². The van der Waals surface area contributed by atoms with Gasteiger partial charge in [-0.15, -0.1) is 0 Å². The van der Waals surface area contributed by atoms with Crippen molar-refractivity contribution in [2.45, 2.75) is 46.1 Å². The molecule has 0 unspecified atom stereocenters. The van der Waals surface area contributed by atoms with Crippen LogP contribution in [-0.4, -0.2) is 58.5 Å². The second-order valence-corrected chi connectivity index (χ2v) is 9.93. The molecule has 1 aromatic heterocycles. The highest BCUT2D eigenvalue weighted by atomic mass is 16.5. The van der Waals surface area contributed by atoms with Crippen molar-refractivity contribution < 1.29 is 9.53 Å². The molecule has 0 atom stereocenters. The second kappa shape index (κ2) is 10.1.